The zero-order chi connectivity index (χ0) is 16.5. The third kappa shape index (κ3) is 6.04. The molecule has 1 fully saturated rings. The number of guanidine groups is 1. The first kappa shape index (κ1) is 18.1. The van der Waals surface area contributed by atoms with Crippen molar-refractivity contribution >= 4 is 17.6 Å². The van der Waals surface area contributed by atoms with Crippen molar-refractivity contribution in [2.24, 2.45) is 10.9 Å². The largest absolute Gasteiger partial charge is 0.357 e. The molecule has 2 N–H and O–H groups in total. The molecule has 1 aromatic carbocycles. The summed E-state index contributed by atoms with van der Waals surface area (Å²) >= 11 is 6.26. The number of halogens is 1. The number of benzene rings is 1. The van der Waals surface area contributed by atoms with Crippen LogP contribution >= 0.6 is 11.6 Å². The molecule has 0 aliphatic carbocycles. The molecule has 0 atom stereocenters. The van der Waals surface area contributed by atoms with Crippen molar-refractivity contribution in [2.45, 2.75) is 33.2 Å². The van der Waals surface area contributed by atoms with E-state index in [-0.39, 0.29) is 0 Å². The van der Waals surface area contributed by atoms with Gasteiger partial charge in [0.15, 0.2) is 5.96 Å². The van der Waals surface area contributed by atoms with Gasteiger partial charge in [-0.05, 0) is 57.3 Å². The van der Waals surface area contributed by atoms with Gasteiger partial charge in [0.25, 0.3) is 0 Å². The molecule has 0 unspecified atom stereocenters. The third-order valence-electron chi connectivity index (χ3n) is 4.25. The van der Waals surface area contributed by atoms with Crippen LogP contribution in [0.2, 0.25) is 5.02 Å². The van der Waals surface area contributed by atoms with Gasteiger partial charge >= 0.3 is 0 Å². The molecular formula is C18H29ClN4. The van der Waals surface area contributed by atoms with Crippen molar-refractivity contribution in [3.8, 4) is 0 Å². The molecule has 1 saturated heterocycles. The highest BCUT2D eigenvalue weighted by atomic mass is 35.5. The van der Waals surface area contributed by atoms with Crippen molar-refractivity contribution in [3.63, 3.8) is 0 Å². The maximum absolute atomic E-state index is 6.26. The Hall–Kier alpha value is -1.26. The van der Waals surface area contributed by atoms with Crippen molar-refractivity contribution in [1.29, 1.82) is 0 Å². The van der Waals surface area contributed by atoms with Gasteiger partial charge in [-0.2, -0.15) is 0 Å². The minimum atomic E-state index is 0.685. The summed E-state index contributed by atoms with van der Waals surface area (Å²) in [7, 11) is 0. The maximum Gasteiger partial charge on any atom is 0.191 e. The highest BCUT2D eigenvalue weighted by molar-refractivity contribution is 6.31. The second-order valence-corrected chi connectivity index (χ2v) is 6.47. The van der Waals surface area contributed by atoms with Gasteiger partial charge in [0.05, 0.1) is 0 Å². The van der Waals surface area contributed by atoms with E-state index >= 15 is 0 Å². The van der Waals surface area contributed by atoms with Gasteiger partial charge in [0.2, 0.25) is 0 Å². The van der Waals surface area contributed by atoms with E-state index in [1.54, 1.807) is 0 Å². The first-order valence-corrected chi connectivity index (χ1v) is 9.08. The zero-order valence-electron chi connectivity index (χ0n) is 14.3. The summed E-state index contributed by atoms with van der Waals surface area (Å²) in [4.78, 5) is 7.20. The summed E-state index contributed by atoms with van der Waals surface area (Å²) in [5.74, 6) is 1.62. The number of rotatable bonds is 6. The van der Waals surface area contributed by atoms with Crippen LogP contribution in [-0.4, -0.2) is 43.6 Å². The molecule has 1 aliphatic rings. The van der Waals surface area contributed by atoms with Crippen molar-refractivity contribution in [3.05, 3.63) is 34.9 Å². The van der Waals surface area contributed by atoms with E-state index in [1.165, 1.54) is 18.4 Å². The number of hydrogen-bond donors (Lipinski definition) is 2. The van der Waals surface area contributed by atoms with Crippen LogP contribution in [0.1, 0.15) is 32.3 Å². The number of piperidine rings is 1. The fourth-order valence-corrected chi connectivity index (χ4v) is 3.12. The normalized spacial score (nSPS) is 16.1. The second-order valence-electron chi connectivity index (χ2n) is 6.06. The molecule has 128 valence electrons. The van der Waals surface area contributed by atoms with Gasteiger partial charge in [-0.1, -0.05) is 29.8 Å². The standard InChI is InChI=1S/C18H29ClN4/c1-3-20-18(21-4-2)22-13-15-9-11-23(12-10-15)14-16-7-5-6-8-17(16)19/h5-8,15H,3-4,9-14H2,1-2H3,(H2,20,21,22). The fraction of sp³-hybridized carbons (Fsp3) is 0.611. The first-order chi connectivity index (χ1) is 11.2. The summed E-state index contributed by atoms with van der Waals surface area (Å²) in [5, 5.41) is 7.44. The molecule has 0 saturated carbocycles. The molecule has 0 spiro atoms. The van der Waals surface area contributed by atoms with Crippen LogP contribution < -0.4 is 10.6 Å². The fourth-order valence-electron chi connectivity index (χ4n) is 2.92. The monoisotopic (exact) mass is 336 g/mol. The Balaban J connectivity index is 1.77. The summed E-state index contributed by atoms with van der Waals surface area (Å²) in [6.45, 7) is 10.1. The van der Waals surface area contributed by atoms with E-state index in [1.807, 2.05) is 12.1 Å². The topological polar surface area (TPSA) is 39.7 Å². The quantitative estimate of drug-likeness (QED) is 0.619. The van der Waals surface area contributed by atoms with Crippen LogP contribution in [0, 0.1) is 5.92 Å². The van der Waals surface area contributed by atoms with E-state index in [0.29, 0.717) is 5.92 Å². The second kappa shape index (κ2) is 9.78. The SMILES string of the molecule is CCNC(=NCC1CCN(Cc2ccccc2Cl)CC1)NCC. The molecule has 1 heterocycles. The first-order valence-electron chi connectivity index (χ1n) is 8.70. The summed E-state index contributed by atoms with van der Waals surface area (Å²) in [5.41, 5.74) is 1.23. The molecule has 2 rings (SSSR count). The summed E-state index contributed by atoms with van der Waals surface area (Å²) in [6, 6.07) is 8.15. The Morgan fingerprint density at radius 3 is 2.43 bits per heavy atom. The molecule has 0 amide bonds. The average Bonchev–Trinajstić information content (AvgIpc) is 2.56. The van der Waals surface area contributed by atoms with Gasteiger partial charge in [0.1, 0.15) is 0 Å². The molecule has 1 aromatic rings. The number of likely N-dealkylation sites (tertiary alicyclic amines) is 1. The smallest absolute Gasteiger partial charge is 0.191 e. The number of hydrogen-bond acceptors (Lipinski definition) is 2. The molecule has 0 aromatic heterocycles. The molecular weight excluding hydrogens is 308 g/mol. The predicted molar refractivity (Wildman–Crippen MR) is 99.1 cm³/mol. The lowest BCUT2D eigenvalue weighted by Crippen LogP contribution is -2.38. The van der Waals surface area contributed by atoms with Gasteiger partial charge in [0, 0.05) is 31.2 Å². The lowest BCUT2D eigenvalue weighted by molar-refractivity contribution is 0.180. The van der Waals surface area contributed by atoms with E-state index in [2.05, 4.69) is 41.5 Å². The molecule has 4 nitrogen and oxygen atoms in total. The van der Waals surface area contributed by atoms with Gasteiger partial charge in [-0.25, -0.2) is 0 Å². The van der Waals surface area contributed by atoms with Crippen LogP contribution in [0.3, 0.4) is 0 Å². The van der Waals surface area contributed by atoms with Crippen molar-refractivity contribution in [1.82, 2.24) is 15.5 Å². The van der Waals surface area contributed by atoms with Crippen molar-refractivity contribution < 1.29 is 0 Å². The molecule has 1 aliphatic heterocycles. The van der Waals surface area contributed by atoms with E-state index in [0.717, 1.165) is 50.3 Å². The van der Waals surface area contributed by atoms with Crippen LogP contribution in [0.25, 0.3) is 0 Å². The minimum absolute atomic E-state index is 0.685. The van der Waals surface area contributed by atoms with Crippen LogP contribution in [-0.2, 0) is 6.54 Å². The van der Waals surface area contributed by atoms with Crippen molar-refractivity contribution in [2.75, 3.05) is 32.7 Å². The van der Waals surface area contributed by atoms with Crippen LogP contribution in [0.15, 0.2) is 29.3 Å². The van der Waals surface area contributed by atoms with E-state index < -0.39 is 0 Å². The molecule has 0 bridgehead atoms. The van der Waals surface area contributed by atoms with E-state index in [9.17, 15) is 0 Å². The Morgan fingerprint density at radius 1 is 1.17 bits per heavy atom. The van der Waals surface area contributed by atoms with Crippen LogP contribution in [0.5, 0.6) is 0 Å². The van der Waals surface area contributed by atoms with E-state index in [4.69, 9.17) is 16.6 Å². The molecule has 0 radical (unpaired) electrons. The lowest BCUT2D eigenvalue weighted by atomic mass is 9.96. The average molecular weight is 337 g/mol. The maximum atomic E-state index is 6.26. The van der Waals surface area contributed by atoms with Gasteiger partial charge in [-0.15, -0.1) is 0 Å². The molecule has 5 heteroatoms. The number of nitrogens with zero attached hydrogens (tertiary/aromatic N) is 2. The predicted octanol–water partition coefficient (Wildman–Crippen LogP) is 3.13. The summed E-state index contributed by atoms with van der Waals surface area (Å²) in [6.07, 6.45) is 2.42. The third-order valence-corrected chi connectivity index (χ3v) is 4.62. The highest BCUT2D eigenvalue weighted by Gasteiger charge is 2.19. The Morgan fingerprint density at radius 2 is 1.83 bits per heavy atom. The lowest BCUT2D eigenvalue weighted by Gasteiger charge is -2.31. The Kier molecular flexibility index (Phi) is 7.69. The van der Waals surface area contributed by atoms with Gasteiger partial charge < -0.3 is 10.6 Å². The number of aliphatic imine (C=N–C) groups is 1. The van der Waals surface area contributed by atoms with Gasteiger partial charge in [-0.3, -0.25) is 9.89 Å². The highest BCUT2D eigenvalue weighted by Crippen LogP contribution is 2.22. The summed E-state index contributed by atoms with van der Waals surface area (Å²) < 4.78 is 0. The molecule has 23 heavy (non-hydrogen) atoms. The minimum Gasteiger partial charge on any atom is -0.357 e. The number of nitrogens with one attached hydrogen (secondary N) is 2. The Labute approximate surface area is 145 Å². The Bertz CT molecular complexity index is 488. The zero-order valence-corrected chi connectivity index (χ0v) is 15.1. The van der Waals surface area contributed by atoms with Crippen LogP contribution in [0.4, 0.5) is 0 Å².